The van der Waals surface area contributed by atoms with Crippen molar-refractivity contribution in [1.82, 2.24) is 0 Å². The second kappa shape index (κ2) is 7.40. The third-order valence-corrected chi connectivity index (χ3v) is 7.57. The second-order valence-electron chi connectivity index (χ2n) is 6.75. The Morgan fingerprint density at radius 2 is 1.79 bits per heavy atom. The molecular formula is C18H23BrO4S. The molecule has 2 rings (SSSR count). The van der Waals surface area contributed by atoms with E-state index in [9.17, 15) is 13.2 Å². The van der Waals surface area contributed by atoms with Crippen LogP contribution in [0.2, 0.25) is 0 Å². The van der Waals surface area contributed by atoms with Crippen molar-refractivity contribution in [3.63, 3.8) is 0 Å². The van der Waals surface area contributed by atoms with Crippen LogP contribution in [0.4, 0.5) is 0 Å². The molecule has 6 heteroatoms. The number of allylic oxidation sites excluding steroid dienone is 2. The summed E-state index contributed by atoms with van der Waals surface area (Å²) in [5.41, 5.74) is 0. The zero-order chi connectivity index (χ0) is 18.0. The van der Waals surface area contributed by atoms with Crippen molar-refractivity contribution in [3.8, 4) is 0 Å². The second-order valence-corrected chi connectivity index (χ2v) is 10.2. The number of carbonyl (C=O) groups is 1. The molecule has 0 amide bonds. The lowest BCUT2D eigenvalue weighted by atomic mass is 9.85. The van der Waals surface area contributed by atoms with E-state index in [-0.39, 0.29) is 17.4 Å². The van der Waals surface area contributed by atoms with Gasteiger partial charge in [0.05, 0.1) is 11.5 Å². The van der Waals surface area contributed by atoms with Gasteiger partial charge in [0.2, 0.25) is 0 Å². The van der Waals surface area contributed by atoms with E-state index in [1.807, 2.05) is 0 Å². The summed E-state index contributed by atoms with van der Waals surface area (Å²) in [5.74, 6) is -0.0358. The van der Waals surface area contributed by atoms with Crippen molar-refractivity contribution < 1.29 is 17.9 Å². The normalized spacial score (nSPS) is 21.5. The van der Waals surface area contributed by atoms with Crippen LogP contribution in [0.5, 0.6) is 0 Å². The zero-order valence-corrected chi connectivity index (χ0v) is 16.6. The van der Waals surface area contributed by atoms with Gasteiger partial charge >= 0.3 is 5.97 Å². The molecule has 2 unspecified atom stereocenters. The van der Waals surface area contributed by atoms with E-state index in [1.165, 1.54) is 26.0 Å². The summed E-state index contributed by atoms with van der Waals surface area (Å²) in [7, 11) is -3.83. The smallest absolute Gasteiger partial charge is 0.327 e. The van der Waals surface area contributed by atoms with Gasteiger partial charge in [-0.15, -0.1) is 0 Å². The van der Waals surface area contributed by atoms with Crippen LogP contribution in [-0.4, -0.2) is 25.7 Å². The van der Waals surface area contributed by atoms with Crippen LogP contribution < -0.4 is 0 Å². The zero-order valence-electron chi connectivity index (χ0n) is 14.2. The Morgan fingerprint density at radius 1 is 1.21 bits per heavy atom. The largest absolute Gasteiger partial charge is 0.464 e. The standard InChI is InChI=1S/C18H23BrO4S/c1-13-6-4-5-7-14(13)12-23-17(20)18(2,3)24(21,22)16-10-8-15(19)9-11-16/h4-5,8-11,13-14H,6-7,12H2,1-3H3. The molecular weight excluding hydrogens is 392 g/mol. The minimum Gasteiger partial charge on any atom is -0.464 e. The first kappa shape index (κ1) is 19.2. The molecule has 0 saturated carbocycles. The maximum Gasteiger partial charge on any atom is 0.327 e. The van der Waals surface area contributed by atoms with E-state index in [2.05, 4.69) is 35.0 Å². The molecule has 0 bridgehead atoms. The number of esters is 1. The molecule has 1 aromatic rings. The third kappa shape index (κ3) is 3.91. The molecule has 0 aliphatic heterocycles. The molecule has 0 heterocycles. The number of rotatable bonds is 5. The van der Waals surface area contributed by atoms with Crippen LogP contribution in [0.25, 0.3) is 0 Å². The van der Waals surface area contributed by atoms with Gasteiger partial charge < -0.3 is 4.74 Å². The summed E-state index contributed by atoms with van der Waals surface area (Å²) in [6.07, 6.45) is 6.03. The molecule has 24 heavy (non-hydrogen) atoms. The number of hydrogen-bond donors (Lipinski definition) is 0. The highest BCUT2D eigenvalue weighted by molar-refractivity contribution is 9.10. The molecule has 0 N–H and O–H groups in total. The lowest BCUT2D eigenvalue weighted by Gasteiger charge is -2.27. The van der Waals surface area contributed by atoms with Crippen LogP contribution in [0.15, 0.2) is 45.8 Å². The Balaban J connectivity index is 2.11. The molecule has 4 nitrogen and oxygen atoms in total. The average molecular weight is 415 g/mol. The number of benzene rings is 1. The highest BCUT2D eigenvalue weighted by Crippen LogP contribution is 2.29. The molecule has 0 aromatic heterocycles. The lowest BCUT2D eigenvalue weighted by Crippen LogP contribution is -2.42. The summed E-state index contributed by atoms with van der Waals surface area (Å²) in [6, 6.07) is 6.26. The van der Waals surface area contributed by atoms with Crippen LogP contribution in [0.3, 0.4) is 0 Å². The molecule has 0 spiro atoms. The van der Waals surface area contributed by atoms with Crippen molar-refractivity contribution in [2.45, 2.75) is 43.3 Å². The summed E-state index contributed by atoms with van der Waals surface area (Å²) in [6.45, 7) is 5.17. The summed E-state index contributed by atoms with van der Waals surface area (Å²) < 4.78 is 30.1. The summed E-state index contributed by atoms with van der Waals surface area (Å²) in [5, 5.41) is 0. The van der Waals surface area contributed by atoms with Gasteiger partial charge in [0.15, 0.2) is 14.6 Å². The molecule has 0 radical (unpaired) electrons. The van der Waals surface area contributed by atoms with Gasteiger partial charge in [-0.2, -0.15) is 0 Å². The van der Waals surface area contributed by atoms with Crippen molar-refractivity contribution in [2.24, 2.45) is 11.8 Å². The van der Waals surface area contributed by atoms with Gasteiger partial charge in [0, 0.05) is 4.47 Å². The minimum absolute atomic E-state index is 0.113. The highest BCUT2D eigenvalue weighted by Gasteiger charge is 2.44. The van der Waals surface area contributed by atoms with Crippen LogP contribution in [0.1, 0.15) is 33.6 Å². The van der Waals surface area contributed by atoms with Crippen molar-refractivity contribution in [2.75, 3.05) is 6.61 Å². The molecule has 2 atom stereocenters. The van der Waals surface area contributed by atoms with Crippen molar-refractivity contribution in [3.05, 3.63) is 40.9 Å². The summed E-state index contributed by atoms with van der Waals surface area (Å²) >= 11 is 3.27. The fraction of sp³-hybridized carbons (Fsp3) is 0.500. The predicted molar refractivity (Wildman–Crippen MR) is 97.4 cm³/mol. The van der Waals surface area contributed by atoms with E-state index in [1.54, 1.807) is 12.1 Å². The summed E-state index contributed by atoms with van der Waals surface area (Å²) in [4.78, 5) is 12.6. The highest BCUT2D eigenvalue weighted by atomic mass is 79.9. The Labute approximate surface area is 152 Å². The van der Waals surface area contributed by atoms with E-state index in [4.69, 9.17) is 4.74 Å². The number of hydrogen-bond acceptors (Lipinski definition) is 4. The third-order valence-electron chi connectivity index (χ3n) is 4.63. The number of carbonyl (C=O) groups excluding carboxylic acids is 1. The van der Waals surface area contributed by atoms with E-state index in [0.717, 1.165) is 17.3 Å². The maximum absolute atomic E-state index is 12.8. The van der Waals surface area contributed by atoms with Crippen molar-refractivity contribution >= 4 is 31.7 Å². The van der Waals surface area contributed by atoms with Gasteiger partial charge in [0.25, 0.3) is 0 Å². The maximum atomic E-state index is 12.8. The van der Waals surface area contributed by atoms with Gasteiger partial charge in [0.1, 0.15) is 0 Å². The van der Waals surface area contributed by atoms with Gasteiger partial charge in [-0.05, 0) is 62.8 Å². The Bertz CT molecular complexity index is 720. The van der Waals surface area contributed by atoms with Crippen LogP contribution in [0, 0.1) is 11.8 Å². The van der Waals surface area contributed by atoms with E-state index in [0.29, 0.717) is 5.92 Å². The quantitative estimate of drug-likeness (QED) is 0.536. The first-order valence-electron chi connectivity index (χ1n) is 7.98. The Hall–Kier alpha value is -1.14. The van der Waals surface area contributed by atoms with Gasteiger partial charge in [-0.25, -0.2) is 8.42 Å². The number of sulfone groups is 1. The minimum atomic E-state index is -3.83. The average Bonchev–Trinajstić information content (AvgIpc) is 2.54. The predicted octanol–water partition coefficient (Wildman–Crippen LogP) is 4.15. The molecule has 0 saturated heterocycles. The molecule has 132 valence electrons. The SMILES string of the molecule is CC1CC=CCC1COC(=O)C(C)(C)S(=O)(=O)c1ccc(Br)cc1. The molecule has 1 aromatic carbocycles. The fourth-order valence-electron chi connectivity index (χ4n) is 2.61. The van der Waals surface area contributed by atoms with Gasteiger partial charge in [-0.1, -0.05) is 35.0 Å². The van der Waals surface area contributed by atoms with Crippen LogP contribution >= 0.6 is 15.9 Å². The number of ether oxygens (including phenoxy) is 1. The molecule has 0 fully saturated rings. The fourth-order valence-corrected chi connectivity index (χ4v) is 4.24. The van der Waals surface area contributed by atoms with Crippen molar-refractivity contribution in [1.29, 1.82) is 0 Å². The van der Waals surface area contributed by atoms with Gasteiger partial charge in [-0.3, -0.25) is 4.79 Å². The first-order chi connectivity index (χ1) is 11.2. The Kier molecular flexibility index (Phi) is 5.91. The lowest BCUT2D eigenvalue weighted by molar-refractivity contribution is -0.147. The number of halogens is 1. The Morgan fingerprint density at radius 3 is 2.38 bits per heavy atom. The van der Waals surface area contributed by atoms with E-state index >= 15 is 0 Å². The first-order valence-corrected chi connectivity index (χ1v) is 10.3. The molecule has 1 aliphatic carbocycles. The van der Waals surface area contributed by atoms with Crippen LogP contribution in [-0.2, 0) is 19.4 Å². The topological polar surface area (TPSA) is 60.4 Å². The monoisotopic (exact) mass is 414 g/mol. The molecule has 1 aliphatic rings. The van der Waals surface area contributed by atoms with E-state index < -0.39 is 20.6 Å².